The Hall–Kier alpha value is -2.89. The molecule has 0 saturated heterocycles. The van der Waals surface area contributed by atoms with Gasteiger partial charge in [-0.25, -0.2) is 4.99 Å². The molecule has 1 aliphatic rings. The highest BCUT2D eigenvalue weighted by Gasteiger charge is 2.16. The SMILES string of the molecule is NC1=N[C@@H](CCc2ccc(NC(=O)c3ccccn3)cc2)CO1. The normalized spacial score (nSPS) is 16.5. The monoisotopic (exact) mass is 310 g/mol. The minimum Gasteiger partial charge on any atom is -0.463 e. The number of nitrogens with two attached hydrogens (primary N) is 1. The molecular weight excluding hydrogens is 292 g/mol. The highest BCUT2D eigenvalue weighted by molar-refractivity contribution is 6.02. The topological polar surface area (TPSA) is 89.6 Å². The lowest BCUT2D eigenvalue weighted by atomic mass is 10.1. The maximum Gasteiger partial charge on any atom is 0.282 e. The first-order valence-electron chi connectivity index (χ1n) is 7.48. The van der Waals surface area contributed by atoms with Crippen LogP contribution in [0.25, 0.3) is 0 Å². The number of amides is 1. The maximum absolute atomic E-state index is 12.0. The van der Waals surface area contributed by atoms with Gasteiger partial charge >= 0.3 is 0 Å². The fourth-order valence-electron chi connectivity index (χ4n) is 2.36. The molecule has 0 aliphatic carbocycles. The number of hydrogen-bond donors (Lipinski definition) is 2. The van der Waals surface area contributed by atoms with E-state index >= 15 is 0 Å². The largest absolute Gasteiger partial charge is 0.463 e. The fraction of sp³-hybridized carbons (Fsp3) is 0.235. The van der Waals surface area contributed by atoms with Crippen LogP contribution < -0.4 is 11.1 Å². The number of anilines is 1. The van der Waals surface area contributed by atoms with Crippen LogP contribution in [0.1, 0.15) is 22.5 Å². The van der Waals surface area contributed by atoms with Gasteiger partial charge in [0.25, 0.3) is 11.9 Å². The van der Waals surface area contributed by atoms with E-state index in [0.29, 0.717) is 12.3 Å². The van der Waals surface area contributed by atoms with E-state index in [-0.39, 0.29) is 18.0 Å². The number of aryl methyl sites for hydroxylation is 1. The Morgan fingerprint density at radius 2 is 2.09 bits per heavy atom. The molecule has 0 spiro atoms. The predicted octanol–water partition coefficient (Wildman–Crippen LogP) is 1.98. The fourth-order valence-corrected chi connectivity index (χ4v) is 2.36. The predicted molar refractivity (Wildman–Crippen MR) is 88.3 cm³/mol. The van der Waals surface area contributed by atoms with E-state index in [2.05, 4.69) is 15.3 Å². The second-order valence-electron chi connectivity index (χ2n) is 5.34. The number of nitrogens with zero attached hydrogens (tertiary/aromatic N) is 2. The molecule has 118 valence electrons. The van der Waals surface area contributed by atoms with E-state index in [1.54, 1.807) is 24.4 Å². The number of carbonyl (C=O) groups excluding carboxylic acids is 1. The van der Waals surface area contributed by atoms with E-state index in [1.807, 2.05) is 24.3 Å². The van der Waals surface area contributed by atoms with Crippen molar-refractivity contribution in [3.63, 3.8) is 0 Å². The average Bonchev–Trinajstić information content (AvgIpc) is 3.00. The lowest BCUT2D eigenvalue weighted by Gasteiger charge is -2.07. The lowest BCUT2D eigenvalue weighted by molar-refractivity contribution is 0.102. The summed E-state index contributed by atoms with van der Waals surface area (Å²) >= 11 is 0. The summed E-state index contributed by atoms with van der Waals surface area (Å²) in [6.07, 6.45) is 3.37. The molecule has 1 aromatic carbocycles. The van der Waals surface area contributed by atoms with Gasteiger partial charge < -0.3 is 15.8 Å². The minimum atomic E-state index is -0.216. The number of benzene rings is 1. The average molecular weight is 310 g/mol. The van der Waals surface area contributed by atoms with E-state index in [1.165, 1.54) is 5.56 Å². The molecule has 0 radical (unpaired) electrons. The maximum atomic E-state index is 12.0. The Morgan fingerprint density at radius 1 is 1.26 bits per heavy atom. The Labute approximate surface area is 134 Å². The van der Waals surface area contributed by atoms with Gasteiger partial charge in [0.1, 0.15) is 12.3 Å². The Bertz CT molecular complexity index is 698. The first kappa shape index (κ1) is 15.0. The van der Waals surface area contributed by atoms with Gasteiger partial charge in [-0.15, -0.1) is 0 Å². The molecule has 1 atom stereocenters. The molecule has 2 aromatic rings. The van der Waals surface area contributed by atoms with Crippen LogP contribution in [0.15, 0.2) is 53.7 Å². The molecule has 0 bridgehead atoms. The van der Waals surface area contributed by atoms with Crippen LogP contribution in [-0.2, 0) is 11.2 Å². The number of rotatable bonds is 5. The summed E-state index contributed by atoms with van der Waals surface area (Å²) in [6.45, 7) is 0.560. The molecular formula is C17H18N4O2. The standard InChI is InChI=1S/C17H18N4O2/c18-17-21-14(11-23-17)9-6-12-4-7-13(8-5-12)20-16(22)15-3-1-2-10-19-15/h1-5,7-8,10,14H,6,9,11H2,(H2,18,21)(H,20,22)/t14-/m0/s1. The minimum absolute atomic E-state index is 0.138. The number of aromatic nitrogens is 1. The second-order valence-corrected chi connectivity index (χ2v) is 5.34. The molecule has 2 heterocycles. The third-order valence-corrected chi connectivity index (χ3v) is 3.61. The van der Waals surface area contributed by atoms with Crippen LogP contribution in [0.2, 0.25) is 0 Å². The van der Waals surface area contributed by atoms with Gasteiger partial charge in [0.15, 0.2) is 0 Å². The highest BCUT2D eigenvalue weighted by atomic mass is 16.5. The van der Waals surface area contributed by atoms with Crippen molar-refractivity contribution in [2.24, 2.45) is 10.7 Å². The molecule has 0 fully saturated rings. The van der Waals surface area contributed by atoms with Crippen molar-refractivity contribution in [2.45, 2.75) is 18.9 Å². The number of aliphatic imine (C=N–C) groups is 1. The molecule has 1 amide bonds. The summed E-state index contributed by atoms with van der Waals surface area (Å²) in [5, 5.41) is 2.83. The van der Waals surface area contributed by atoms with Gasteiger partial charge in [0, 0.05) is 11.9 Å². The van der Waals surface area contributed by atoms with Gasteiger partial charge in [-0.1, -0.05) is 18.2 Å². The zero-order valence-corrected chi connectivity index (χ0v) is 12.6. The van der Waals surface area contributed by atoms with Gasteiger partial charge in [-0.3, -0.25) is 9.78 Å². The summed E-state index contributed by atoms with van der Waals surface area (Å²) in [7, 11) is 0. The van der Waals surface area contributed by atoms with Crippen LogP contribution in [0, 0.1) is 0 Å². The van der Waals surface area contributed by atoms with Crippen LogP contribution in [0.3, 0.4) is 0 Å². The van der Waals surface area contributed by atoms with Crippen LogP contribution in [0.4, 0.5) is 5.69 Å². The summed E-state index contributed by atoms with van der Waals surface area (Å²) < 4.78 is 5.13. The number of ether oxygens (including phenoxy) is 1. The molecule has 23 heavy (non-hydrogen) atoms. The third kappa shape index (κ3) is 4.06. The van der Waals surface area contributed by atoms with Crippen molar-refractivity contribution in [1.29, 1.82) is 0 Å². The molecule has 6 heteroatoms. The first-order chi connectivity index (χ1) is 11.2. The smallest absolute Gasteiger partial charge is 0.282 e. The van der Waals surface area contributed by atoms with Crippen molar-refractivity contribution in [3.8, 4) is 0 Å². The molecule has 0 unspecified atom stereocenters. The Morgan fingerprint density at radius 3 is 2.74 bits per heavy atom. The van der Waals surface area contributed by atoms with Gasteiger partial charge in [-0.05, 0) is 42.7 Å². The number of carbonyl (C=O) groups is 1. The van der Waals surface area contributed by atoms with Crippen molar-refractivity contribution in [1.82, 2.24) is 4.98 Å². The molecule has 1 aliphatic heterocycles. The van der Waals surface area contributed by atoms with E-state index in [9.17, 15) is 4.79 Å². The zero-order valence-electron chi connectivity index (χ0n) is 12.6. The summed E-state index contributed by atoms with van der Waals surface area (Å²) in [5.41, 5.74) is 7.82. The van der Waals surface area contributed by atoms with E-state index in [0.717, 1.165) is 18.5 Å². The summed E-state index contributed by atoms with van der Waals surface area (Å²) in [6, 6.07) is 13.4. The van der Waals surface area contributed by atoms with E-state index < -0.39 is 0 Å². The zero-order chi connectivity index (χ0) is 16.1. The molecule has 6 nitrogen and oxygen atoms in total. The van der Waals surface area contributed by atoms with Crippen LogP contribution in [-0.4, -0.2) is 29.6 Å². The van der Waals surface area contributed by atoms with Gasteiger partial charge in [0.05, 0.1) is 6.04 Å². The third-order valence-electron chi connectivity index (χ3n) is 3.61. The summed E-state index contributed by atoms with van der Waals surface area (Å²) in [4.78, 5) is 20.2. The van der Waals surface area contributed by atoms with Crippen LogP contribution >= 0.6 is 0 Å². The number of nitrogens with one attached hydrogen (secondary N) is 1. The lowest BCUT2D eigenvalue weighted by Crippen LogP contribution is -2.13. The van der Waals surface area contributed by atoms with E-state index in [4.69, 9.17) is 10.5 Å². The van der Waals surface area contributed by atoms with Crippen molar-refractivity contribution >= 4 is 17.6 Å². The number of pyridine rings is 1. The molecule has 3 rings (SSSR count). The molecule has 0 saturated carbocycles. The van der Waals surface area contributed by atoms with Crippen molar-refractivity contribution < 1.29 is 9.53 Å². The van der Waals surface area contributed by atoms with Crippen molar-refractivity contribution in [3.05, 3.63) is 59.9 Å². The summed E-state index contributed by atoms with van der Waals surface area (Å²) in [5.74, 6) is -0.216. The number of amidine groups is 1. The first-order valence-corrected chi connectivity index (χ1v) is 7.48. The Kier molecular flexibility index (Phi) is 4.52. The van der Waals surface area contributed by atoms with Gasteiger partial charge in [-0.2, -0.15) is 0 Å². The molecule has 1 aromatic heterocycles. The Balaban J connectivity index is 1.54. The highest BCUT2D eigenvalue weighted by Crippen LogP contribution is 2.15. The quantitative estimate of drug-likeness (QED) is 0.883. The van der Waals surface area contributed by atoms with Crippen molar-refractivity contribution in [2.75, 3.05) is 11.9 Å². The van der Waals surface area contributed by atoms with Crippen LogP contribution in [0.5, 0.6) is 0 Å². The molecule has 3 N–H and O–H groups in total. The number of hydrogen-bond acceptors (Lipinski definition) is 5. The van der Waals surface area contributed by atoms with Gasteiger partial charge in [0.2, 0.25) is 0 Å². The second kappa shape index (κ2) is 6.91.